The van der Waals surface area contributed by atoms with E-state index in [0.717, 1.165) is 11.4 Å². The molecule has 0 saturated heterocycles. The molecule has 2 rings (SSSR count). The lowest BCUT2D eigenvalue weighted by atomic mass is 10.1. The Morgan fingerprint density at radius 2 is 1.60 bits per heavy atom. The van der Waals surface area contributed by atoms with Gasteiger partial charge in [0.25, 0.3) is 0 Å². The Bertz CT molecular complexity index is 647. The van der Waals surface area contributed by atoms with E-state index in [1.165, 1.54) is 6.92 Å². The summed E-state index contributed by atoms with van der Waals surface area (Å²) in [6.45, 7) is 1.53. The van der Waals surface area contributed by atoms with Crippen molar-refractivity contribution in [3.63, 3.8) is 0 Å². The highest BCUT2D eigenvalue weighted by atomic mass is 16.4. The summed E-state index contributed by atoms with van der Waals surface area (Å²) in [4.78, 5) is 24.1. The van der Waals surface area contributed by atoms with Gasteiger partial charge in [-0.1, -0.05) is 12.1 Å². The molecule has 0 heterocycles. The third kappa shape index (κ3) is 2.85. The van der Waals surface area contributed by atoms with Gasteiger partial charge in [0.1, 0.15) is 0 Å². The maximum atomic E-state index is 11.4. The van der Waals surface area contributed by atoms with Gasteiger partial charge < -0.3 is 10.0 Å². The van der Waals surface area contributed by atoms with Crippen molar-refractivity contribution in [1.82, 2.24) is 0 Å². The molecule has 102 valence electrons. The first kappa shape index (κ1) is 13.8. The molecule has 20 heavy (non-hydrogen) atoms. The third-order valence-corrected chi connectivity index (χ3v) is 3.14. The smallest absolute Gasteiger partial charge is 0.335 e. The first-order valence-electron chi connectivity index (χ1n) is 6.17. The van der Waals surface area contributed by atoms with Gasteiger partial charge in [-0.2, -0.15) is 0 Å². The van der Waals surface area contributed by atoms with Crippen LogP contribution in [-0.2, 0) is 0 Å². The highest BCUT2D eigenvalue weighted by Crippen LogP contribution is 2.24. The minimum Gasteiger partial charge on any atom is -0.478 e. The molecular formula is C16H15NO3. The molecule has 0 amide bonds. The number of carboxylic acid groups (broad SMARTS) is 1. The van der Waals surface area contributed by atoms with E-state index in [0.29, 0.717) is 5.56 Å². The zero-order valence-corrected chi connectivity index (χ0v) is 11.3. The number of hydrogen-bond donors (Lipinski definition) is 1. The SMILES string of the molecule is CC(=O)c1cccc(N(C)c2ccc(C(=O)O)cc2)c1. The Hall–Kier alpha value is -2.62. The minimum atomic E-state index is -0.946. The molecule has 4 heteroatoms. The second kappa shape index (κ2) is 5.57. The predicted octanol–water partition coefficient (Wildman–Crippen LogP) is 3.36. The highest BCUT2D eigenvalue weighted by Gasteiger charge is 2.08. The molecule has 0 atom stereocenters. The summed E-state index contributed by atoms with van der Waals surface area (Å²) < 4.78 is 0. The van der Waals surface area contributed by atoms with Gasteiger partial charge in [-0.25, -0.2) is 4.79 Å². The molecular weight excluding hydrogens is 254 g/mol. The van der Waals surface area contributed by atoms with Crippen LogP contribution in [0.5, 0.6) is 0 Å². The summed E-state index contributed by atoms with van der Waals surface area (Å²) in [7, 11) is 1.87. The number of carbonyl (C=O) groups excluding carboxylic acids is 1. The molecule has 0 saturated carbocycles. The van der Waals surface area contributed by atoms with E-state index in [4.69, 9.17) is 5.11 Å². The fraction of sp³-hybridized carbons (Fsp3) is 0.125. The van der Waals surface area contributed by atoms with Gasteiger partial charge in [0.15, 0.2) is 5.78 Å². The molecule has 0 aliphatic rings. The van der Waals surface area contributed by atoms with Crippen molar-refractivity contribution in [2.45, 2.75) is 6.92 Å². The molecule has 0 radical (unpaired) electrons. The number of Topliss-reactive ketones (excluding diaryl/α,β-unsaturated/α-hetero) is 1. The number of carboxylic acids is 1. The van der Waals surface area contributed by atoms with Crippen molar-refractivity contribution in [2.24, 2.45) is 0 Å². The Morgan fingerprint density at radius 3 is 2.15 bits per heavy atom. The van der Waals surface area contributed by atoms with Crippen LogP contribution < -0.4 is 4.90 Å². The largest absolute Gasteiger partial charge is 0.478 e. The van der Waals surface area contributed by atoms with Crippen molar-refractivity contribution in [3.8, 4) is 0 Å². The van der Waals surface area contributed by atoms with Gasteiger partial charge >= 0.3 is 5.97 Å². The van der Waals surface area contributed by atoms with E-state index >= 15 is 0 Å². The minimum absolute atomic E-state index is 0.0153. The van der Waals surface area contributed by atoms with Crippen LogP contribution in [0.2, 0.25) is 0 Å². The second-order valence-corrected chi connectivity index (χ2v) is 4.52. The topological polar surface area (TPSA) is 57.6 Å². The summed E-state index contributed by atoms with van der Waals surface area (Å²) in [5, 5.41) is 8.88. The Kier molecular flexibility index (Phi) is 3.84. The van der Waals surface area contributed by atoms with Gasteiger partial charge in [0, 0.05) is 24.0 Å². The van der Waals surface area contributed by atoms with E-state index in [2.05, 4.69) is 0 Å². The normalized spacial score (nSPS) is 10.1. The van der Waals surface area contributed by atoms with Crippen molar-refractivity contribution in [1.29, 1.82) is 0 Å². The maximum Gasteiger partial charge on any atom is 0.335 e. The summed E-state index contributed by atoms with van der Waals surface area (Å²) in [6, 6.07) is 13.9. The van der Waals surface area contributed by atoms with Crippen LogP contribution in [0.4, 0.5) is 11.4 Å². The Labute approximate surface area is 117 Å². The summed E-state index contributed by atoms with van der Waals surface area (Å²) in [6.07, 6.45) is 0. The maximum absolute atomic E-state index is 11.4. The average molecular weight is 269 g/mol. The number of anilines is 2. The van der Waals surface area contributed by atoms with Crippen molar-refractivity contribution in [3.05, 3.63) is 59.7 Å². The van der Waals surface area contributed by atoms with Crippen LogP contribution in [-0.4, -0.2) is 23.9 Å². The average Bonchev–Trinajstić information content (AvgIpc) is 2.46. The molecule has 0 aliphatic carbocycles. The Morgan fingerprint density at radius 1 is 0.950 bits per heavy atom. The van der Waals surface area contributed by atoms with Crippen molar-refractivity contribution < 1.29 is 14.7 Å². The van der Waals surface area contributed by atoms with Gasteiger partial charge in [-0.15, -0.1) is 0 Å². The van der Waals surface area contributed by atoms with Crippen LogP contribution in [0.25, 0.3) is 0 Å². The number of benzene rings is 2. The molecule has 4 nitrogen and oxygen atoms in total. The fourth-order valence-electron chi connectivity index (χ4n) is 1.91. The number of aromatic carboxylic acids is 1. The van der Waals surface area contributed by atoms with Crippen molar-refractivity contribution in [2.75, 3.05) is 11.9 Å². The molecule has 0 aliphatic heterocycles. The van der Waals surface area contributed by atoms with E-state index in [1.54, 1.807) is 30.3 Å². The van der Waals surface area contributed by atoms with Gasteiger partial charge in [0.05, 0.1) is 5.56 Å². The highest BCUT2D eigenvalue weighted by molar-refractivity contribution is 5.95. The molecule has 0 spiro atoms. The van der Waals surface area contributed by atoms with E-state index in [-0.39, 0.29) is 11.3 Å². The van der Waals surface area contributed by atoms with E-state index in [1.807, 2.05) is 30.1 Å². The monoisotopic (exact) mass is 269 g/mol. The zero-order valence-electron chi connectivity index (χ0n) is 11.3. The number of rotatable bonds is 4. The van der Waals surface area contributed by atoms with Gasteiger partial charge in [0.2, 0.25) is 0 Å². The summed E-state index contributed by atoms with van der Waals surface area (Å²) in [5.41, 5.74) is 2.63. The Balaban J connectivity index is 2.30. The van der Waals surface area contributed by atoms with Crippen LogP contribution in [0.1, 0.15) is 27.6 Å². The number of nitrogens with zero attached hydrogens (tertiary/aromatic N) is 1. The molecule has 0 fully saturated rings. The number of ketones is 1. The van der Waals surface area contributed by atoms with E-state index in [9.17, 15) is 9.59 Å². The quantitative estimate of drug-likeness (QED) is 0.865. The van der Waals surface area contributed by atoms with Crippen LogP contribution >= 0.6 is 0 Å². The van der Waals surface area contributed by atoms with Crippen LogP contribution in [0.15, 0.2) is 48.5 Å². The lowest BCUT2D eigenvalue weighted by Gasteiger charge is -2.20. The lowest BCUT2D eigenvalue weighted by Crippen LogP contribution is -2.10. The van der Waals surface area contributed by atoms with Gasteiger partial charge in [-0.3, -0.25) is 4.79 Å². The molecule has 0 unspecified atom stereocenters. The number of carbonyl (C=O) groups is 2. The van der Waals surface area contributed by atoms with Gasteiger partial charge in [-0.05, 0) is 43.3 Å². The summed E-state index contributed by atoms with van der Waals surface area (Å²) >= 11 is 0. The van der Waals surface area contributed by atoms with Crippen LogP contribution in [0, 0.1) is 0 Å². The molecule has 2 aromatic rings. The standard InChI is InChI=1S/C16H15NO3/c1-11(18)13-4-3-5-15(10-13)17(2)14-8-6-12(7-9-14)16(19)20/h3-10H,1-2H3,(H,19,20). The van der Waals surface area contributed by atoms with Crippen LogP contribution in [0.3, 0.4) is 0 Å². The van der Waals surface area contributed by atoms with Crippen molar-refractivity contribution >= 4 is 23.1 Å². The zero-order chi connectivity index (χ0) is 14.7. The fourth-order valence-corrected chi connectivity index (χ4v) is 1.91. The lowest BCUT2D eigenvalue weighted by molar-refractivity contribution is 0.0696. The second-order valence-electron chi connectivity index (χ2n) is 4.52. The third-order valence-electron chi connectivity index (χ3n) is 3.14. The molecule has 0 aromatic heterocycles. The molecule has 1 N–H and O–H groups in total. The van der Waals surface area contributed by atoms with E-state index < -0.39 is 5.97 Å². The molecule has 2 aromatic carbocycles. The first-order valence-corrected chi connectivity index (χ1v) is 6.17. The first-order chi connectivity index (χ1) is 9.49. The molecule has 0 bridgehead atoms. The number of hydrogen-bond acceptors (Lipinski definition) is 3. The summed E-state index contributed by atoms with van der Waals surface area (Å²) in [5.74, 6) is -0.931. The predicted molar refractivity (Wildman–Crippen MR) is 77.9 cm³/mol.